The molecule has 1 aliphatic rings. The Labute approximate surface area is 102 Å². The zero-order chi connectivity index (χ0) is 12.3. The largest absolute Gasteiger partial charge is 0.355 e. The number of aromatic nitrogens is 1. The fraction of sp³-hybridized carbons (Fsp3) is 0.429. The van der Waals surface area contributed by atoms with Crippen LogP contribution in [-0.2, 0) is 12.8 Å². The lowest BCUT2D eigenvalue weighted by atomic mass is 9.95. The first-order chi connectivity index (χ1) is 8.26. The van der Waals surface area contributed by atoms with Gasteiger partial charge in [0.05, 0.1) is 5.56 Å². The first-order valence-corrected chi connectivity index (χ1v) is 6.01. The molecule has 3 heteroatoms. The Kier molecular flexibility index (Phi) is 3.43. The molecule has 1 aliphatic carbocycles. The zero-order valence-corrected chi connectivity index (χ0v) is 10.2. The molecule has 2 rings (SSSR count). The van der Waals surface area contributed by atoms with E-state index in [1.165, 1.54) is 24.1 Å². The quantitative estimate of drug-likeness (QED) is 0.745. The van der Waals surface area contributed by atoms with Crippen LogP contribution in [0.3, 0.4) is 0 Å². The van der Waals surface area contributed by atoms with Gasteiger partial charge < -0.3 is 4.90 Å². The van der Waals surface area contributed by atoms with E-state index in [2.05, 4.69) is 17.6 Å². The Bertz CT molecular complexity index is 471. The first kappa shape index (κ1) is 11.7. The number of pyridine rings is 1. The summed E-state index contributed by atoms with van der Waals surface area (Å²) in [6.45, 7) is 4.43. The summed E-state index contributed by atoms with van der Waals surface area (Å²) >= 11 is 0. The highest BCUT2D eigenvalue weighted by Crippen LogP contribution is 2.25. The number of nitrogens with zero attached hydrogens (tertiary/aromatic N) is 3. The third-order valence-corrected chi connectivity index (χ3v) is 3.17. The van der Waals surface area contributed by atoms with Crippen molar-refractivity contribution < 1.29 is 0 Å². The molecule has 1 aromatic rings. The predicted octanol–water partition coefficient (Wildman–Crippen LogP) is 2.45. The fourth-order valence-electron chi connectivity index (χ4n) is 2.28. The molecule has 0 N–H and O–H groups in total. The molecule has 0 radical (unpaired) electrons. The summed E-state index contributed by atoms with van der Waals surface area (Å²) in [4.78, 5) is 6.63. The van der Waals surface area contributed by atoms with Gasteiger partial charge in [0.15, 0.2) is 0 Å². The van der Waals surface area contributed by atoms with Crippen LogP contribution >= 0.6 is 0 Å². The van der Waals surface area contributed by atoms with Crippen LogP contribution in [0.15, 0.2) is 18.7 Å². The summed E-state index contributed by atoms with van der Waals surface area (Å²) in [5.74, 6) is 0.785. The number of hydrogen-bond acceptors (Lipinski definition) is 3. The lowest BCUT2D eigenvalue weighted by Gasteiger charge is -2.22. The topological polar surface area (TPSA) is 39.9 Å². The van der Waals surface area contributed by atoms with Crippen molar-refractivity contribution in [1.82, 2.24) is 4.98 Å². The standard InChI is InChI=1S/C14H17N3/c1-3-8-17(2)14-12(10-15)9-11-6-4-5-7-13(11)16-14/h3,9H,1,4-8H2,2H3. The Hall–Kier alpha value is -1.82. The monoisotopic (exact) mass is 227 g/mol. The molecule has 3 nitrogen and oxygen atoms in total. The van der Waals surface area contributed by atoms with E-state index < -0.39 is 0 Å². The SMILES string of the molecule is C=CCN(C)c1nc2c(cc1C#N)CCCC2. The van der Waals surface area contributed by atoms with Crippen LogP contribution in [0.4, 0.5) is 5.82 Å². The second kappa shape index (κ2) is 5.01. The highest BCUT2D eigenvalue weighted by Gasteiger charge is 2.16. The van der Waals surface area contributed by atoms with Crippen LogP contribution < -0.4 is 4.90 Å². The number of anilines is 1. The minimum atomic E-state index is 0.676. The van der Waals surface area contributed by atoms with Crippen LogP contribution in [-0.4, -0.2) is 18.6 Å². The van der Waals surface area contributed by atoms with E-state index in [0.717, 1.165) is 18.7 Å². The number of hydrogen-bond donors (Lipinski definition) is 0. The average molecular weight is 227 g/mol. The summed E-state index contributed by atoms with van der Waals surface area (Å²) < 4.78 is 0. The lowest BCUT2D eigenvalue weighted by Crippen LogP contribution is -2.21. The Morgan fingerprint density at radius 1 is 1.53 bits per heavy atom. The van der Waals surface area contributed by atoms with Gasteiger partial charge in [-0.3, -0.25) is 0 Å². The molecule has 0 aliphatic heterocycles. The van der Waals surface area contributed by atoms with Gasteiger partial charge in [-0.15, -0.1) is 6.58 Å². The van der Waals surface area contributed by atoms with Crippen LogP contribution in [0, 0.1) is 11.3 Å². The molecule has 0 saturated carbocycles. The van der Waals surface area contributed by atoms with Gasteiger partial charge >= 0.3 is 0 Å². The number of fused-ring (bicyclic) bond motifs is 1. The molecule has 0 unspecified atom stereocenters. The molecule has 0 fully saturated rings. The lowest BCUT2D eigenvalue weighted by molar-refractivity contribution is 0.666. The molecule has 0 spiro atoms. The van der Waals surface area contributed by atoms with Gasteiger partial charge in [0.25, 0.3) is 0 Å². The molecular formula is C14H17N3. The summed E-state index contributed by atoms with van der Waals surface area (Å²) in [7, 11) is 1.94. The average Bonchev–Trinajstić information content (AvgIpc) is 2.37. The predicted molar refractivity (Wildman–Crippen MR) is 69.1 cm³/mol. The van der Waals surface area contributed by atoms with Crippen molar-refractivity contribution in [1.29, 1.82) is 5.26 Å². The summed E-state index contributed by atoms with van der Waals surface area (Å²) in [6.07, 6.45) is 6.33. The molecule has 0 bridgehead atoms. The maximum Gasteiger partial charge on any atom is 0.146 e. The van der Waals surface area contributed by atoms with Crippen molar-refractivity contribution in [3.05, 3.63) is 35.5 Å². The van der Waals surface area contributed by atoms with E-state index in [-0.39, 0.29) is 0 Å². The van der Waals surface area contributed by atoms with Gasteiger partial charge in [-0.25, -0.2) is 4.98 Å². The summed E-state index contributed by atoms with van der Waals surface area (Å²) in [5.41, 5.74) is 3.10. The second-order valence-corrected chi connectivity index (χ2v) is 4.45. The molecule has 88 valence electrons. The molecule has 0 amide bonds. The molecule has 1 aromatic heterocycles. The van der Waals surface area contributed by atoms with Crippen molar-refractivity contribution in [2.24, 2.45) is 0 Å². The van der Waals surface area contributed by atoms with E-state index >= 15 is 0 Å². The number of aryl methyl sites for hydroxylation is 2. The van der Waals surface area contributed by atoms with Crippen molar-refractivity contribution >= 4 is 5.82 Å². The summed E-state index contributed by atoms with van der Waals surface area (Å²) in [6, 6.07) is 4.26. The number of nitriles is 1. The van der Waals surface area contributed by atoms with Crippen LogP contribution in [0.2, 0.25) is 0 Å². The minimum Gasteiger partial charge on any atom is -0.355 e. The first-order valence-electron chi connectivity index (χ1n) is 6.01. The van der Waals surface area contributed by atoms with Gasteiger partial charge in [-0.2, -0.15) is 5.26 Å². The molecule has 0 saturated heterocycles. The van der Waals surface area contributed by atoms with E-state index in [1.54, 1.807) is 0 Å². The molecule has 17 heavy (non-hydrogen) atoms. The Balaban J connectivity index is 2.43. The smallest absolute Gasteiger partial charge is 0.146 e. The minimum absolute atomic E-state index is 0.676. The molecular weight excluding hydrogens is 210 g/mol. The highest BCUT2D eigenvalue weighted by molar-refractivity contribution is 5.56. The maximum absolute atomic E-state index is 9.19. The van der Waals surface area contributed by atoms with E-state index in [1.807, 2.05) is 24.1 Å². The fourth-order valence-corrected chi connectivity index (χ4v) is 2.28. The van der Waals surface area contributed by atoms with Crippen molar-refractivity contribution in [3.63, 3.8) is 0 Å². The Morgan fingerprint density at radius 2 is 2.29 bits per heavy atom. The van der Waals surface area contributed by atoms with Gasteiger partial charge in [-0.05, 0) is 37.3 Å². The number of likely N-dealkylation sites (N-methyl/N-ethyl adjacent to an activating group) is 1. The highest BCUT2D eigenvalue weighted by atomic mass is 15.2. The summed E-state index contributed by atoms with van der Waals surface area (Å²) in [5, 5.41) is 9.19. The van der Waals surface area contributed by atoms with Crippen molar-refractivity contribution in [2.75, 3.05) is 18.5 Å². The zero-order valence-electron chi connectivity index (χ0n) is 10.2. The third kappa shape index (κ3) is 2.31. The maximum atomic E-state index is 9.19. The van der Waals surface area contributed by atoms with E-state index in [0.29, 0.717) is 12.1 Å². The van der Waals surface area contributed by atoms with Gasteiger partial charge in [0, 0.05) is 19.3 Å². The van der Waals surface area contributed by atoms with E-state index in [4.69, 9.17) is 0 Å². The van der Waals surface area contributed by atoms with Crippen molar-refractivity contribution in [2.45, 2.75) is 25.7 Å². The van der Waals surface area contributed by atoms with Gasteiger partial charge in [0.1, 0.15) is 11.9 Å². The van der Waals surface area contributed by atoms with Gasteiger partial charge in [0.2, 0.25) is 0 Å². The van der Waals surface area contributed by atoms with Crippen molar-refractivity contribution in [3.8, 4) is 6.07 Å². The molecule has 1 heterocycles. The third-order valence-electron chi connectivity index (χ3n) is 3.17. The van der Waals surface area contributed by atoms with Crippen LogP contribution in [0.5, 0.6) is 0 Å². The van der Waals surface area contributed by atoms with Gasteiger partial charge in [-0.1, -0.05) is 6.08 Å². The number of rotatable bonds is 3. The molecule has 0 aromatic carbocycles. The van der Waals surface area contributed by atoms with E-state index in [9.17, 15) is 5.26 Å². The second-order valence-electron chi connectivity index (χ2n) is 4.45. The van der Waals surface area contributed by atoms with Crippen LogP contribution in [0.25, 0.3) is 0 Å². The molecule has 0 atom stereocenters. The Morgan fingerprint density at radius 3 is 3.00 bits per heavy atom. The van der Waals surface area contributed by atoms with Crippen LogP contribution in [0.1, 0.15) is 29.7 Å². The normalized spacial score (nSPS) is 13.6.